The van der Waals surface area contributed by atoms with Gasteiger partial charge in [0.05, 0.1) is 21.0 Å². The third-order valence-corrected chi connectivity index (χ3v) is 12.4. The Labute approximate surface area is 210 Å². The molecule has 8 nitrogen and oxygen atoms in total. The van der Waals surface area contributed by atoms with Crippen LogP contribution in [-0.2, 0) is 29.3 Å². The van der Waals surface area contributed by atoms with Crippen molar-refractivity contribution in [2.24, 2.45) is 5.92 Å². The highest BCUT2D eigenvalue weighted by molar-refractivity contribution is 7.91. The highest BCUT2D eigenvalue weighted by atomic mass is 32.2. The number of aromatic nitrogens is 1. The summed E-state index contributed by atoms with van der Waals surface area (Å²) in [5.41, 5.74) is -0.776. The van der Waals surface area contributed by atoms with Crippen LogP contribution in [0.5, 0.6) is 0 Å². The Morgan fingerprint density at radius 1 is 1.14 bits per heavy atom. The van der Waals surface area contributed by atoms with E-state index < -0.39 is 32.9 Å². The fraction of sp³-hybridized carbons (Fsp3) is 0.667. The van der Waals surface area contributed by atoms with Crippen molar-refractivity contribution in [1.82, 2.24) is 10.3 Å². The summed E-state index contributed by atoms with van der Waals surface area (Å²) >= 11 is 1.65. The van der Waals surface area contributed by atoms with Crippen molar-refractivity contribution in [1.29, 1.82) is 0 Å². The summed E-state index contributed by atoms with van der Waals surface area (Å²) < 4.78 is 42.4. The molecule has 4 aliphatic rings. The molecule has 1 N–H and O–H groups in total. The van der Waals surface area contributed by atoms with E-state index in [2.05, 4.69) is 5.32 Å². The van der Waals surface area contributed by atoms with E-state index in [1.807, 2.05) is 33.9 Å². The molecule has 0 spiro atoms. The average molecular weight is 518 g/mol. The van der Waals surface area contributed by atoms with Crippen LogP contribution in [0.2, 0.25) is 0 Å². The standard InChI is InChI=1S/C24H31BN2O6S2/c1-21(2)22(3,4)33-25(32-21)18-13-26-20(34-18)23-9-8-14(23)15(12-23)27-19(28)16-6-7-17(31-16)24(10-11-24)35(5,29)30/h6-7,13-15H,8-12H2,1-5H3,(H,27,28). The number of hydrogen-bond acceptors (Lipinski definition) is 8. The normalized spacial score (nSPS) is 31.9. The number of amides is 1. The minimum absolute atomic E-state index is 0.00713. The summed E-state index contributed by atoms with van der Waals surface area (Å²) in [6.45, 7) is 8.18. The van der Waals surface area contributed by atoms with E-state index in [1.165, 1.54) is 6.26 Å². The highest BCUT2D eigenvalue weighted by Crippen LogP contribution is 2.62. The van der Waals surface area contributed by atoms with Crippen LogP contribution in [0.25, 0.3) is 0 Å². The van der Waals surface area contributed by atoms with E-state index in [4.69, 9.17) is 18.7 Å². The van der Waals surface area contributed by atoms with Gasteiger partial charge in [0, 0.05) is 23.9 Å². The molecule has 3 heterocycles. The molecule has 0 aromatic carbocycles. The fourth-order valence-corrected chi connectivity index (χ4v) is 8.31. The maximum absolute atomic E-state index is 12.9. The molecule has 0 radical (unpaired) electrons. The lowest BCUT2D eigenvalue weighted by Gasteiger charge is -2.62. The second-order valence-electron chi connectivity index (χ2n) is 11.7. The number of furan rings is 1. The largest absolute Gasteiger partial charge is 0.507 e. The maximum atomic E-state index is 12.9. The lowest BCUT2D eigenvalue weighted by molar-refractivity contribution is -0.0336. The molecular formula is C24H31BN2O6S2. The first-order valence-corrected chi connectivity index (χ1v) is 14.9. The van der Waals surface area contributed by atoms with Gasteiger partial charge in [0.25, 0.3) is 5.91 Å². The minimum atomic E-state index is -3.29. The van der Waals surface area contributed by atoms with Crippen molar-refractivity contribution in [2.75, 3.05) is 6.26 Å². The quantitative estimate of drug-likeness (QED) is 0.586. The van der Waals surface area contributed by atoms with Crippen LogP contribution in [0.4, 0.5) is 0 Å². The lowest BCUT2D eigenvalue weighted by atomic mass is 9.45. The number of nitrogens with zero attached hydrogens (tertiary/aromatic N) is 1. The van der Waals surface area contributed by atoms with Gasteiger partial charge in [-0.2, -0.15) is 0 Å². The molecule has 1 amide bonds. The smallest absolute Gasteiger partial charge is 0.454 e. The van der Waals surface area contributed by atoms with Crippen molar-refractivity contribution in [3.63, 3.8) is 0 Å². The van der Waals surface area contributed by atoms with Gasteiger partial charge in [-0.1, -0.05) is 0 Å². The Kier molecular flexibility index (Phi) is 4.88. The molecular weight excluding hydrogens is 487 g/mol. The first-order chi connectivity index (χ1) is 16.3. The van der Waals surface area contributed by atoms with Crippen molar-refractivity contribution in [3.05, 3.63) is 34.9 Å². The predicted molar refractivity (Wildman–Crippen MR) is 133 cm³/mol. The zero-order valence-electron chi connectivity index (χ0n) is 20.7. The summed E-state index contributed by atoms with van der Waals surface area (Å²) in [5, 5.41) is 4.20. The molecule has 3 saturated carbocycles. The summed E-state index contributed by atoms with van der Waals surface area (Å²) in [7, 11) is -3.70. The van der Waals surface area contributed by atoms with E-state index in [0.717, 1.165) is 29.0 Å². The number of sulfone groups is 1. The zero-order chi connectivity index (χ0) is 25.0. The van der Waals surface area contributed by atoms with Gasteiger partial charge in [0.1, 0.15) is 10.5 Å². The zero-order valence-corrected chi connectivity index (χ0v) is 22.3. The first-order valence-electron chi connectivity index (χ1n) is 12.2. The van der Waals surface area contributed by atoms with Gasteiger partial charge < -0.3 is 19.0 Å². The third kappa shape index (κ3) is 3.34. The number of hydrogen-bond donors (Lipinski definition) is 1. The van der Waals surface area contributed by atoms with Gasteiger partial charge in [0.2, 0.25) is 0 Å². The number of carbonyl (C=O) groups is 1. The van der Waals surface area contributed by atoms with Crippen LogP contribution in [0.3, 0.4) is 0 Å². The van der Waals surface area contributed by atoms with Crippen LogP contribution in [0.1, 0.15) is 81.1 Å². The number of rotatable bonds is 6. The highest BCUT2D eigenvalue weighted by Gasteiger charge is 2.63. The van der Waals surface area contributed by atoms with E-state index in [0.29, 0.717) is 24.5 Å². The van der Waals surface area contributed by atoms with E-state index in [-0.39, 0.29) is 23.1 Å². The second kappa shape index (κ2) is 7.21. The lowest BCUT2D eigenvalue weighted by Crippen LogP contribution is -2.67. The molecule has 4 fully saturated rings. The molecule has 0 bridgehead atoms. The number of carbonyl (C=O) groups excluding carboxylic acids is 1. The molecule has 3 aliphatic carbocycles. The molecule has 35 heavy (non-hydrogen) atoms. The molecule has 3 unspecified atom stereocenters. The van der Waals surface area contributed by atoms with Crippen LogP contribution < -0.4 is 10.1 Å². The Morgan fingerprint density at radius 3 is 2.37 bits per heavy atom. The minimum Gasteiger partial charge on any atom is -0.454 e. The number of thiazole rings is 1. The summed E-state index contributed by atoms with van der Waals surface area (Å²) in [6.07, 6.45) is 7.10. The average Bonchev–Trinajstić information content (AvgIpc) is 3.10. The SMILES string of the molecule is CC1(C)OB(c2cnc(C34CCC3C(NC(=O)c3ccc(C5(S(C)(=O)=O)CC5)o3)C4)s2)OC1(C)C. The summed E-state index contributed by atoms with van der Waals surface area (Å²) in [5.74, 6) is 0.589. The van der Waals surface area contributed by atoms with Gasteiger partial charge in [0.15, 0.2) is 15.6 Å². The Morgan fingerprint density at radius 2 is 1.83 bits per heavy atom. The summed E-state index contributed by atoms with van der Waals surface area (Å²) in [6, 6.07) is 3.27. The predicted octanol–water partition coefficient (Wildman–Crippen LogP) is 2.92. The van der Waals surface area contributed by atoms with Crippen molar-refractivity contribution < 1.29 is 26.9 Å². The van der Waals surface area contributed by atoms with Crippen molar-refractivity contribution >= 4 is 39.0 Å². The van der Waals surface area contributed by atoms with Crippen LogP contribution in [-0.4, -0.2) is 49.9 Å². The second-order valence-corrected chi connectivity index (χ2v) is 15.1. The summed E-state index contributed by atoms with van der Waals surface area (Å²) in [4.78, 5) is 17.6. The molecule has 6 rings (SSSR count). The molecule has 2 aromatic heterocycles. The van der Waals surface area contributed by atoms with Crippen molar-refractivity contribution in [3.8, 4) is 0 Å². The number of nitrogens with one attached hydrogen (secondary N) is 1. The molecule has 3 atom stereocenters. The molecule has 1 aliphatic heterocycles. The molecule has 188 valence electrons. The maximum Gasteiger partial charge on any atom is 0.507 e. The van der Waals surface area contributed by atoms with Crippen LogP contribution >= 0.6 is 11.3 Å². The third-order valence-electron chi connectivity index (χ3n) is 9.13. The van der Waals surface area contributed by atoms with E-state index >= 15 is 0 Å². The van der Waals surface area contributed by atoms with E-state index in [1.54, 1.807) is 23.5 Å². The van der Waals surface area contributed by atoms with Gasteiger partial charge in [-0.25, -0.2) is 13.4 Å². The van der Waals surface area contributed by atoms with Crippen molar-refractivity contribution in [2.45, 2.75) is 87.2 Å². The van der Waals surface area contributed by atoms with Gasteiger partial charge in [-0.3, -0.25) is 4.79 Å². The van der Waals surface area contributed by atoms with Gasteiger partial charge >= 0.3 is 7.12 Å². The molecule has 11 heteroatoms. The Hall–Kier alpha value is -1.69. The Bertz CT molecular complexity index is 1290. The van der Waals surface area contributed by atoms with Gasteiger partial charge in [-0.15, -0.1) is 11.3 Å². The Balaban J connectivity index is 1.12. The van der Waals surface area contributed by atoms with Gasteiger partial charge in [-0.05, 0) is 77.8 Å². The first kappa shape index (κ1) is 23.7. The van der Waals surface area contributed by atoms with Crippen LogP contribution in [0.15, 0.2) is 22.7 Å². The van der Waals surface area contributed by atoms with E-state index in [9.17, 15) is 13.2 Å². The number of fused-ring (bicyclic) bond motifs is 1. The van der Waals surface area contributed by atoms with Crippen LogP contribution in [0, 0.1) is 5.92 Å². The molecule has 1 saturated heterocycles. The fourth-order valence-electron chi connectivity index (χ4n) is 5.82. The molecule has 2 aromatic rings. The monoisotopic (exact) mass is 518 g/mol. The topological polar surface area (TPSA) is 108 Å².